The second-order valence-corrected chi connectivity index (χ2v) is 5.43. The Morgan fingerprint density at radius 3 is 2.62 bits per heavy atom. The predicted molar refractivity (Wildman–Crippen MR) is 87.6 cm³/mol. The summed E-state index contributed by atoms with van der Waals surface area (Å²) < 4.78 is 5.11. The molecule has 0 bridgehead atoms. The number of urea groups is 1. The summed E-state index contributed by atoms with van der Waals surface area (Å²) in [6, 6.07) is 9.91. The van der Waals surface area contributed by atoms with Crippen LogP contribution in [0.25, 0.3) is 0 Å². The second-order valence-electron chi connectivity index (χ2n) is 5.43. The van der Waals surface area contributed by atoms with Gasteiger partial charge in [-0.2, -0.15) is 5.10 Å². The van der Waals surface area contributed by atoms with Crippen LogP contribution in [-0.4, -0.2) is 35.3 Å². The molecule has 1 saturated heterocycles. The summed E-state index contributed by atoms with van der Waals surface area (Å²) in [6.07, 6.45) is 4.64. The molecule has 1 N–H and O–H groups in total. The fourth-order valence-electron chi connectivity index (χ4n) is 2.43. The van der Waals surface area contributed by atoms with E-state index in [9.17, 15) is 9.59 Å². The highest BCUT2D eigenvalue weighted by Gasteiger charge is 2.49. The van der Waals surface area contributed by atoms with Gasteiger partial charge in [0.2, 0.25) is 0 Å². The Balaban J connectivity index is 1.86. The highest BCUT2D eigenvalue weighted by molar-refractivity contribution is 6.07. The Morgan fingerprint density at radius 1 is 1.25 bits per heavy atom. The third kappa shape index (κ3) is 2.71. The number of methoxy groups -OCH3 is 1. The molecule has 122 valence electrons. The topological polar surface area (TPSA) is 83.9 Å². The quantitative estimate of drug-likeness (QED) is 0.687. The van der Waals surface area contributed by atoms with E-state index in [1.807, 2.05) is 0 Å². The maximum atomic E-state index is 12.7. The Morgan fingerprint density at radius 2 is 2.00 bits per heavy atom. The first-order valence-electron chi connectivity index (χ1n) is 7.30. The lowest BCUT2D eigenvalue weighted by atomic mass is 9.92. The molecule has 0 spiro atoms. The van der Waals surface area contributed by atoms with Gasteiger partial charge in [0.15, 0.2) is 0 Å². The van der Waals surface area contributed by atoms with Gasteiger partial charge in [-0.3, -0.25) is 9.78 Å². The number of nitrogens with zero attached hydrogens (tertiary/aromatic N) is 3. The normalized spacial score (nSPS) is 20.5. The number of pyridine rings is 1. The van der Waals surface area contributed by atoms with Crippen LogP contribution < -0.4 is 10.1 Å². The average molecular weight is 324 g/mol. The Bertz CT molecular complexity index is 789. The van der Waals surface area contributed by atoms with Crippen molar-refractivity contribution in [3.05, 3.63) is 59.9 Å². The van der Waals surface area contributed by atoms with Gasteiger partial charge in [0, 0.05) is 18.0 Å². The maximum Gasteiger partial charge on any atom is 0.346 e. The molecule has 0 saturated carbocycles. The summed E-state index contributed by atoms with van der Waals surface area (Å²) in [6.45, 7) is 1.65. The SMILES string of the molecule is COc1ccc([C@@]2(C)NC(=O)N(/N=C\c3cccnc3)C2=O)cc1. The van der Waals surface area contributed by atoms with Gasteiger partial charge < -0.3 is 10.1 Å². The summed E-state index contributed by atoms with van der Waals surface area (Å²) in [5, 5.41) is 7.51. The smallest absolute Gasteiger partial charge is 0.346 e. The fraction of sp³-hybridized carbons (Fsp3) is 0.176. The summed E-state index contributed by atoms with van der Waals surface area (Å²) in [7, 11) is 1.56. The lowest BCUT2D eigenvalue weighted by molar-refractivity contribution is -0.131. The van der Waals surface area contributed by atoms with E-state index in [4.69, 9.17) is 4.74 Å². The number of carbonyl (C=O) groups is 2. The lowest BCUT2D eigenvalue weighted by Crippen LogP contribution is -2.40. The fourth-order valence-corrected chi connectivity index (χ4v) is 2.43. The van der Waals surface area contributed by atoms with Crippen LogP contribution in [0.1, 0.15) is 18.1 Å². The van der Waals surface area contributed by atoms with Crippen molar-refractivity contribution < 1.29 is 14.3 Å². The van der Waals surface area contributed by atoms with Crippen LogP contribution in [-0.2, 0) is 10.3 Å². The van der Waals surface area contributed by atoms with Gasteiger partial charge in [-0.15, -0.1) is 5.01 Å². The molecule has 7 nitrogen and oxygen atoms in total. The standard InChI is InChI=1S/C17H16N4O3/c1-17(13-5-7-14(24-2)8-6-13)15(22)21(16(23)20-17)19-11-12-4-3-9-18-10-12/h3-11H,1-2H3,(H,20,23)/b19-11-/t17-/m1/s1. The molecule has 3 rings (SSSR count). The summed E-state index contributed by atoms with van der Waals surface area (Å²) >= 11 is 0. The highest BCUT2D eigenvalue weighted by Crippen LogP contribution is 2.30. The molecule has 0 aliphatic carbocycles. The third-order valence-electron chi connectivity index (χ3n) is 3.84. The van der Waals surface area contributed by atoms with E-state index < -0.39 is 17.5 Å². The predicted octanol–water partition coefficient (Wildman–Crippen LogP) is 1.89. The van der Waals surface area contributed by atoms with Crippen LogP contribution in [0.3, 0.4) is 0 Å². The van der Waals surface area contributed by atoms with Crippen molar-refractivity contribution in [1.29, 1.82) is 0 Å². The van der Waals surface area contributed by atoms with E-state index in [2.05, 4.69) is 15.4 Å². The van der Waals surface area contributed by atoms with Gasteiger partial charge in [0.1, 0.15) is 11.3 Å². The van der Waals surface area contributed by atoms with E-state index in [1.54, 1.807) is 62.8 Å². The number of ether oxygens (including phenoxy) is 1. The molecule has 24 heavy (non-hydrogen) atoms. The molecule has 1 aromatic heterocycles. The van der Waals surface area contributed by atoms with Crippen LogP contribution in [0.5, 0.6) is 5.75 Å². The zero-order valence-corrected chi connectivity index (χ0v) is 13.3. The van der Waals surface area contributed by atoms with Crippen LogP contribution in [0.15, 0.2) is 53.9 Å². The van der Waals surface area contributed by atoms with Gasteiger partial charge in [-0.05, 0) is 30.7 Å². The van der Waals surface area contributed by atoms with Crippen LogP contribution in [0.4, 0.5) is 4.79 Å². The number of benzene rings is 1. The van der Waals surface area contributed by atoms with Gasteiger partial charge >= 0.3 is 6.03 Å². The molecule has 1 aliphatic heterocycles. The van der Waals surface area contributed by atoms with Crippen molar-refractivity contribution >= 4 is 18.2 Å². The molecule has 2 heterocycles. The molecule has 1 aliphatic rings. The minimum absolute atomic E-state index is 0.446. The third-order valence-corrected chi connectivity index (χ3v) is 3.84. The van der Waals surface area contributed by atoms with Crippen molar-refractivity contribution in [1.82, 2.24) is 15.3 Å². The summed E-state index contributed by atoms with van der Waals surface area (Å²) in [5.74, 6) is 0.225. The van der Waals surface area contributed by atoms with E-state index >= 15 is 0 Å². The average Bonchev–Trinajstić information content (AvgIpc) is 2.84. The number of imide groups is 1. The molecule has 0 unspecified atom stereocenters. The molecule has 1 aromatic carbocycles. The summed E-state index contributed by atoms with van der Waals surface area (Å²) in [5.41, 5.74) is 0.173. The number of nitrogens with one attached hydrogen (secondary N) is 1. The molecule has 1 atom stereocenters. The zero-order chi connectivity index (χ0) is 17.2. The van der Waals surface area contributed by atoms with E-state index in [0.717, 1.165) is 5.01 Å². The maximum absolute atomic E-state index is 12.7. The zero-order valence-electron chi connectivity index (χ0n) is 13.3. The van der Waals surface area contributed by atoms with Gasteiger partial charge in [-0.1, -0.05) is 18.2 Å². The van der Waals surface area contributed by atoms with Gasteiger partial charge in [0.25, 0.3) is 5.91 Å². The monoisotopic (exact) mass is 324 g/mol. The molecule has 2 aromatic rings. The first kappa shape index (κ1) is 15.7. The second kappa shape index (κ2) is 6.11. The Labute approximate surface area is 139 Å². The van der Waals surface area contributed by atoms with E-state index in [-0.39, 0.29) is 0 Å². The lowest BCUT2D eigenvalue weighted by Gasteiger charge is -2.21. The molecule has 7 heteroatoms. The number of carbonyl (C=O) groups excluding carboxylic acids is 2. The van der Waals surface area contributed by atoms with Gasteiger partial charge in [0.05, 0.1) is 13.3 Å². The van der Waals surface area contributed by atoms with E-state index in [0.29, 0.717) is 16.9 Å². The van der Waals surface area contributed by atoms with Gasteiger partial charge in [-0.25, -0.2) is 4.79 Å². The molecular weight excluding hydrogens is 308 g/mol. The van der Waals surface area contributed by atoms with Crippen LogP contribution in [0, 0.1) is 0 Å². The number of rotatable bonds is 4. The minimum Gasteiger partial charge on any atom is -0.497 e. The molecule has 0 radical (unpaired) electrons. The van der Waals surface area contributed by atoms with Crippen molar-refractivity contribution in [2.75, 3.05) is 7.11 Å². The number of hydrogen-bond donors (Lipinski definition) is 1. The number of aromatic nitrogens is 1. The largest absolute Gasteiger partial charge is 0.497 e. The first-order valence-corrected chi connectivity index (χ1v) is 7.30. The minimum atomic E-state index is -1.17. The van der Waals surface area contributed by atoms with Crippen molar-refractivity contribution in [2.45, 2.75) is 12.5 Å². The summed E-state index contributed by atoms with van der Waals surface area (Å²) in [4.78, 5) is 28.8. The van der Waals surface area contributed by atoms with Crippen molar-refractivity contribution in [3.8, 4) is 5.75 Å². The van der Waals surface area contributed by atoms with E-state index in [1.165, 1.54) is 6.21 Å². The molecule has 1 fully saturated rings. The molecule has 3 amide bonds. The number of hydrazone groups is 1. The highest BCUT2D eigenvalue weighted by atomic mass is 16.5. The van der Waals surface area contributed by atoms with Crippen LogP contribution in [0.2, 0.25) is 0 Å². The van der Waals surface area contributed by atoms with Crippen molar-refractivity contribution in [2.24, 2.45) is 5.10 Å². The molecular formula is C17H16N4O3. The Hall–Kier alpha value is -3.22. The van der Waals surface area contributed by atoms with Crippen LogP contribution >= 0.6 is 0 Å². The van der Waals surface area contributed by atoms with Crippen molar-refractivity contribution in [3.63, 3.8) is 0 Å². The number of hydrogen-bond acceptors (Lipinski definition) is 5. The Kier molecular flexibility index (Phi) is 3.99. The number of amides is 3. The first-order chi connectivity index (χ1) is 11.5.